The molecule has 1 unspecified atom stereocenters. The van der Waals surface area contributed by atoms with Gasteiger partial charge in [0.2, 0.25) is 0 Å². The zero-order valence-corrected chi connectivity index (χ0v) is 18.3. The number of halogens is 1. The van der Waals surface area contributed by atoms with E-state index in [1.54, 1.807) is 12.1 Å². The summed E-state index contributed by atoms with van der Waals surface area (Å²) in [6.45, 7) is 2.22. The molecule has 1 fully saturated rings. The number of aromatic nitrogens is 3. The first-order valence-electron chi connectivity index (χ1n) is 10.2. The van der Waals surface area contributed by atoms with Gasteiger partial charge in [-0.15, -0.1) is 0 Å². The van der Waals surface area contributed by atoms with E-state index in [1.165, 1.54) is 35.7 Å². The van der Waals surface area contributed by atoms with Crippen molar-refractivity contribution in [2.45, 2.75) is 62.7 Å². The van der Waals surface area contributed by atoms with Gasteiger partial charge in [-0.3, -0.25) is 0 Å². The first kappa shape index (κ1) is 19.6. The van der Waals surface area contributed by atoms with Crippen LogP contribution in [-0.4, -0.2) is 41.5 Å². The van der Waals surface area contributed by atoms with E-state index in [4.69, 9.17) is 4.98 Å². The molecule has 148 valence electrons. The zero-order valence-electron chi connectivity index (χ0n) is 16.2. The fourth-order valence-electron chi connectivity index (χ4n) is 4.00. The molecule has 0 spiro atoms. The quantitative estimate of drug-likeness (QED) is 0.465. The van der Waals surface area contributed by atoms with Gasteiger partial charge >= 0.3 is 172 Å². The van der Waals surface area contributed by atoms with Gasteiger partial charge in [0.15, 0.2) is 0 Å². The molecule has 4 nitrogen and oxygen atoms in total. The Morgan fingerprint density at radius 1 is 1.18 bits per heavy atom. The van der Waals surface area contributed by atoms with Gasteiger partial charge < -0.3 is 0 Å². The monoisotopic (exact) mass is 443 g/mol. The van der Waals surface area contributed by atoms with Gasteiger partial charge in [0, 0.05) is 0 Å². The van der Waals surface area contributed by atoms with Crippen LogP contribution in [0.3, 0.4) is 0 Å². The van der Waals surface area contributed by atoms with Crippen LogP contribution in [0.5, 0.6) is 0 Å². The number of fused-ring (bicyclic) bond motifs is 1. The van der Waals surface area contributed by atoms with Gasteiger partial charge in [0.05, 0.1) is 0 Å². The molecule has 0 saturated heterocycles. The van der Waals surface area contributed by atoms with Gasteiger partial charge in [-0.25, -0.2) is 0 Å². The second kappa shape index (κ2) is 8.75. The van der Waals surface area contributed by atoms with E-state index in [1.807, 2.05) is 6.20 Å². The van der Waals surface area contributed by atoms with Gasteiger partial charge in [0.1, 0.15) is 0 Å². The third kappa shape index (κ3) is 4.16. The van der Waals surface area contributed by atoms with E-state index < -0.39 is 0 Å². The standard InChI is InChI=1S/C22H27AsFN3O/c1-2-3-12-23-22-25-13-20-21(26-22)19(15-4-10-18(28)11-5-15)14-27(20)17-8-6-16(24)7-9-17/h6-9,13-15,18,23,28H,2-5,10-12H2,1H3. The summed E-state index contributed by atoms with van der Waals surface area (Å²) in [6.07, 6.45) is 10.0. The van der Waals surface area contributed by atoms with Crippen molar-refractivity contribution in [3.05, 3.63) is 48.0 Å². The van der Waals surface area contributed by atoms with Gasteiger partial charge in [-0.1, -0.05) is 0 Å². The van der Waals surface area contributed by atoms with Crippen LogP contribution in [0.2, 0.25) is 5.21 Å². The van der Waals surface area contributed by atoms with Crippen LogP contribution in [-0.2, 0) is 0 Å². The molecule has 1 saturated carbocycles. The number of aliphatic hydroxyl groups excluding tert-OH is 1. The fraction of sp³-hybridized carbons (Fsp3) is 0.455. The van der Waals surface area contributed by atoms with Crippen molar-refractivity contribution < 1.29 is 9.50 Å². The Kier molecular flexibility index (Phi) is 6.13. The molecule has 4 rings (SSSR count). The second-order valence-corrected chi connectivity index (χ2v) is 10.4. The molecule has 2 heterocycles. The van der Waals surface area contributed by atoms with Crippen molar-refractivity contribution in [1.82, 2.24) is 14.5 Å². The Morgan fingerprint density at radius 3 is 2.64 bits per heavy atom. The molecule has 0 amide bonds. The first-order valence-corrected chi connectivity index (χ1v) is 12.7. The van der Waals surface area contributed by atoms with Gasteiger partial charge in [-0.05, 0) is 0 Å². The molecular weight excluding hydrogens is 416 g/mol. The van der Waals surface area contributed by atoms with Crippen molar-refractivity contribution in [3.63, 3.8) is 0 Å². The topological polar surface area (TPSA) is 50.9 Å². The van der Waals surface area contributed by atoms with Crippen molar-refractivity contribution >= 4 is 31.4 Å². The summed E-state index contributed by atoms with van der Waals surface area (Å²) in [4.78, 5) is 9.65. The van der Waals surface area contributed by atoms with Gasteiger partial charge in [-0.2, -0.15) is 0 Å². The molecule has 0 bridgehead atoms. The molecule has 3 aromatic rings. The van der Waals surface area contributed by atoms with Crippen LogP contribution in [0.1, 0.15) is 56.9 Å². The number of nitrogens with zero attached hydrogens (tertiary/aromatic N) is 3. The van der Waals surface area contributed by atoms with Crippen LogP contribution < -0.4 is 4.61 Å². The van der Waals surface area contributed by atoms with E-state index in [0.29, 0.717) is 5.92 Å². The van der Waals surface area contributed by atoms with Crippen molar-refractivity contribution in [2.24, 2.45) is 0 Å². The van der Waals surface area contributed by atoms with E-state index in [2.05, 4.69) is 22.7 Å². The number of unbranched alkanes of at least 4 members (excludes halogenated alkanes) is 1. The van der Waals surface area contributed by atoms with Gasteiger partial charge in [0.25, 0.3) is 0 Å². The van der Waals surface area contributed by atoms with E-state index >= 15 is 0 Å². The van der Waals surface area contributed by atoms with Crippen LogP contribution in [0, 0.1) is 5.82 Å². The van der Waals surface area contributed by atoms with E-state index in [0.717, 1.165) is 47.0 Å². The minimum absolute atomic E-state index is 0.174. The van der Waals surface area contributed by atoms with Crippen LogP contribution in [0.15, 0.2) is 36.7 Å². The third-order valence-corrected chi connectivity index (χ3v) is 8.06. The summed E-state index contributed by atoms with van der Waals surface area (Å²) in [5.74, 6) is 0.174. The molecule has 0 radical (unpaired) electrons. The molecular formula is C22H27AsFN3O. The summed E-state index contributed by atoms with van der Waals surface area (Å²) in [5.41, 5.74) is 4.19. The average molecular weight is 443 g/mol. The summed E-state index contributed by atoms with van der Waals surface area (Å²) >= 11 is -0.309. The molecule has 1 N–H and O–H groups in total. The maximum atomic E-state index is 13.4. The van der Waals surface area contributed by atoms with Crippen molar-refractivity contribution in [3.8, 4) is 5.69 Å². The Labute approximate surface area is 171 Å². The molecule has 28 heavy (non-hydrogen) atoms. The van der Waals surface area contributed by atoms with Crippen LogP contribution in [0.25, 0.3) is 16.7 Å². The number of aliphatic hydroxyl groups is 1. The summed E-state index contributed by atoms with van der Waals surface area (Å²) in [5, 5.41) is 11.1. The second-order valence-electron chi connectivity index (χ2n) is 7.64. The van der Waals surface area contributed by atoms with E-state index in [-0.39, 0.29) is 27.7 Å². The molecule has 1 aromatic carbocycles. The number of hydrogen-bond acceptors (Lipinski definition) is 3. The summed E-state index contributed by atoms with van der Waals surface area (Å²) < 4.78 is 16.5. The summed E-state index contributed by atoms with van der Waals surface area (Å²) in [7, 11) is 0. The average Bonchev–Trinajstić information content (AvgIpc) is 3.08. The van der Waals surface area contributed by atoms with Crippen LogP contribution in [0.4, 0.5) is 4.39 Å². The molecule has 1 aliphatic carbocycles. The van der Waals surface area contributed by atoms with E-state index in [9.17, 15) is 9.50 Å². The predicted octanol–water partition coefficient (Wildman–Crippen LogP) is 3.86. The SMILES string of the molecule is CCCC[AsH]c1ncc2c(n1)c(C1CCC(O)CC1)cn2-c1ccc(F)cc1. The first-order chi connectivity index (χ1) is 13.7. The van der Waals surface area contributed by atoms with Crippen LogP contribution >= 0.6 is 0 Å². The number of hydrogen-bond donors (Lipinski definition) is 1. The Morgan fingerprint density at radius 2 is 1.93 bits per heavy atom. The minimum atomic E-state index is -0.309. The molecule has 1 atom stereocenters. The normalized spacial score (nSPS) is 20.4. The molecule has 2 aromatic heterocycles. The number of benzene rings is 1. The van der Waals surface area contributed by atoms with Crippen molar-refractivity contribution in [2.75, 3.05) is 0 Å². The predicted molar refractivity (Wildman–Crippen MR) is 113 cm³/mol. The molecule has 6 heteroatoms. The summed E-state index contributed by atoms with van der Waals surface area (Å²) in [6, 6.07) is 6.58. The van der Waals surface area contributed by atoms with Crippen molar-refractivity contribution in [1.29, 1.82) is 0 Å². The third-order valence-electron chi connectivity index (χ3n) is 5.63. The fourth-order valence-corrected chi connectivity index (χ4v) is 6.31. The molecule has 0 aliphatic heterocycles. The molecule has 1 aliphatic rings. The zero-order chi connectivity index (χ0) is 19.5. The number of rotatable bonds is 6. The Hall–Kier alpha value is -1.71. The Balaban J connectivity index is 1.75. The Bertz CT molecular complexity index is 933. The maximum absolute atomic E-state index is 13.4.